The molecule has 1 heterocycles. The number of hydrogen-bond donors (Lipinski definition) is 1. The van der Waals surface area contributed by atoms with Gasteiger partial charge in [-0.2, -0.15) is 0 Å². The molecule has 6 nitrogen and oxygen atoms in total. The number of esters is 1. The zero-order valence-corrected chi connectivity index (χ0v) is 12.4. The SMILES string of the molecule is CCOC(=O)/C(O)=C/C(=O)c1ccc(N2CCOCC2)cc1. The molecule has 1 aromatic carbocycles. The van der Waals surface area contributed by atoms with Crippen molar-refractivity contribution in [2.75, 3.05) is 37.8 Å². The van der Waals surface area contributed by atoms with E-state index in [2.05, 4.69) is 9.64 Å². The first-order valence-corrected chi connectivity index (χ1v) is 7.16. The molecule has 6 heteroatoms. The molecule has 0 aromatic heterocycles. The second kappa shape index (κ2) is 7.61. The number of benzene rings is 1. The lowest BCUT2D eigenvalue weighted by molar-refractivity contribution is -0.141. The molecule has 0 unspecified atom stereocenters. The van der Waals surface area contributed by atoms with Crippen LogP contribution >= 0.6 is 0 Å². The Balaban J connectivity index is 2.04. The fourth-order valence-corrected chi connectivity index (χ4v) is 2.13. The van der Waals surface area contributed by atoms with Crippen molar-refractivity contribution >= 4 is 17.4 Å². The summed E-state index contributed by atoms with van der Waals surface area (Å²) in [4.78, 5) is 25.4. The minimum atomic E-state index is -0.902. The third-order valence-corrected chi connectivity index (χ3v) is 3.28. The highest BCUT2D eigenvalue weighted by Gasteiger charge is 2.14. The summed E-state index contributed by atoms with van der Waals surface area (Å²) in [7, 11) is 0. The van der Waals surface area contributed by atoms with E-state index in [0.29, 0.717) is 18.8 Å². The lowest BCUT2D eigenvalue weighted by atomic mass is 10.1. The third-order valence-electron chi connectivity index (χ3n) is 3.28. The minimum absolute atomic E-state index is 0.138. The van der Waals surface area contributed by atoms with Crippen LogP contribution in [0.5, 0.6) is 0 Å². The molecule has 0 aliphatic carbocycles. The van der Waals surface area contributed by atoms with Crippen molar-refractivity contribution in [3.8, 4) is 0 Å². The molecule has 0 amide bonds. The Bertz CT molecular complexity index is 558. The minimum Gasteiger partial charge on any atom is -0.502 e. The van der Waals surface area contributed by atoms with E-state index in [4.69, 9.17) is 4.74 Å². The molecule has 0 saturated carbocycles. The van der Waals surface area contributed by atoms with Gasteiger partial charge in [0.1, 0.15) is 0 Å². The van der Waals surface area contributed by atoms with Gasteiger partial charge in [-0.25, -0.2) is 4.79 Å². The van der Waals surface area contributed by atoms with Crippen LogP contribution in [0.1, 0.15) is 17.3 Å². The number of nitrogens with zero attached hydrogens (tertiary/aromatic N) is 1. The van der Waals surface area contributed by atoms with Gasteiger partial charge in [-0.05, 0) is 31.2 Å². The zero-order chi connectivity index (χ0) is 15.9. The summed E-state index contributed by atoms with van der Waals surface area (Å²) in [5.74, 6) is -2.04. The Morgan fingerprint density at radius 3 is 2.50 bits per heavy atom. The van der Waals surface area contributed by atoms with Crippen molar-refractivity contribution in [2.24, 2.45) is 0 Å². The van der Waals surface area contributed by atoms with Crippen molar-refractivity contribution in [1.82, 2.24) is 0 Å². The topological polar surface area (TPSA) is 76.1 Å². The van der Waals surface area contributed by atoms with Gasteiger partial charge in [0, 0.05) is 30.4 Å². The molecular formula is C16H19NO5. The molecule has 1 N–H and O–H groups in total. The van der Waals surface area contributed by atoms with Crippen molar-refractivity contribution in [2.45, 2.75) is 6.92 Å². The maximum absolute atomic E-state index is 12.0. The van der Waals surface area contributed by atoms with Gasteiger partial charge >= 0.3 is 5.97 Å². The van der Waals surface area contributed by atoms with E-state index < -0.39 is 17.5 Å². The number of morpholine rings is 1. The molecule has 0 spiro atoms. The number of ether oxygens (including phenoxy) is 2. The normalized spacial score (nSPS) is 15.5. The quantitative estimate of drug-likeness (QED) is 0.386. The Morgan fingerprint density at radius 2 is 1.91 bits per heavy atom. The van der Waals surface area contributed by atoms with Gasteiger partial charge in [0.25, 0.3) is 0 Å². The largest absolute Gasteiger partial charge is 0.502 e. The number of hydrogen-bond acceptors (Lipinski definition) is 6. The maximum Gasteiger partial charge on any atom is 0.373 e. The highest BCUT2D eigenvalue weighted by Crippen LogP contribution is 2.17. The molecule has 22 heavy (non-hydrogen) atoms. The van der Waals surface area contributed by atoms with Gasteiger partial charge in [-0.3, -0.25) is 4.79 Å². The van der Waals surface area contributed by atoms with E-state index in [1.165, 1.54) is 0 Å². The number of allylic oxidation sites excluding steroid dienone is 1. The molecule has 0 atom stereocenters. The average molecular weight is 305 g/mol. The van der Waals surface area contributed by atoms with E-state index in [9.17, 15) is 14.7 Å². The summed E-state index contributed by atoms with van der Waals surface area (Å²) in [6.45, 7) is 4.78. The highest BCUT2D eigenvalue weighted by atomic mass is 16.5. The number of anilines is 1. The highest BCUT2D eigenvalue weighted by molar-refractivity contribution is 6.08. The fourth-order valence-electron chi connectivity index (χ4n) is 2.13. The van der Waals surface area contributed by atoms with Crippen LogP contribution in [-0.2, 0) is 14.3 Å². The maximum atomic E-state index is 12.0. The summed E-state index contributed by atoms with van der Waals surface area (Å²) in [5.41, 5.74) is 1.41. The number of ketones is 1. The Morgan fingerprint density at radius 1 is 1.27 bits per heavy atom. The van der Waals surface area contributed by atoms with Gasteiger partial charge in [-0.15, -0.1) is 0 Å². The standard InChI is InChI=1S/C16H19NO5/c1-2-22-16(20)15(19)11-14(18)12-3-5-13(6-4-12)17-7-9-21-10-8-17/h3-6,11,19H,2,7-10H2,1H3/b15-11-. The second-order valence-corrected chi connectivity index (χ2v) is 4.76. The molecule has 2 rings (SSSR count). The lowest BCUT2D eigenvalue weighted by Gasteiger charge is -2.28. The summed E-state index contributed by atoms with van der Waals surface area (Å²) >= 11 is 0. The van der Waals surface area contributed by atoms with Crippen LogP contribution in [0, 0.1) is 0 Å². The van der Waals surface area contributed by atoms with Crippen LogP contribution in [0.3, 0.4) is 0 Å². The van der Waals surface area contributed by atoms with Gasteiger partial charge < -0.3 is 19.5 Å². The molecule has 0 bridgehead atoms. The van der Waals surface area contributed by atoms with E-state index in [1.54, 1.807) is 19.1 Å². The Kier molecular flexibility index (Phi) is 5.55. The molecule has 0 radical (unpaired) electrons. The van der Waals surface area contributed by atoms with E-state index in [1.807, 2.05) is 12.1 Å². The predicted octanol–water partition coefficient (Wildman–Crippen LogP) is 1.71. The molecule has 118 valence electrons. The van der Waals surface area contributed by atoms with Crippen molar-refractivity contribution in [1.29, 1.82) is 0 Å². The lowest BCUT2D eigenvalue weighted by Crippen LogP contribution is -2.36. The van der Waals surface area contributed by atoms with Crippen LogP contribution < -0.4 is 4.90 Å². The molecular weight excluding hydrogens is 286 g/mol. The summed E-state index contributed by atoms with van der Waals surface area (Å²) in [5, 5.41) is 9.48. The number of carbonyl (C=O) groups is 2. The first-order chi connectivity index (χ1) is 10.6. The number of aliphatic hydroxyl groups is 1. The van der Waals surface area contributed by atoms with Crippen LogP contribution in [0.25, 0.3) is 0 Å². The van der Waals surface area contributed by atoms with Crippen LogP contribution in [0.2, 0.25) is 0 Å². The summed E-state index contributed by atoms with van der Waals surface area (Å²) in [6, 6.07) is 7.02. The van der Waals surface area contributed by atoms with E-state index in [0.717, 1.165) is 24.9 Å². The van der Waals surface area contributed by atoms with Gasteiger partial charge in [0.15, 0.2) is 5.78 Å². The summed E-state index contributed by atoms with van der Waals surface area (Å²) < 4.78 is 9.90. The fraction of sp³-hybridized carbons (Fsp3) is 0.375. The number of rotatable bonds is 5. The van der Waals surface area contributed by atoms with Gasteiger partial charge in [-0.1, -0.05) is 0 Å². The van der Waals surface area contributed by atoms with Gasteiger partial charge in [0.2, 0.25) is 5.76 Å². The molecule has 1 aliphatic rings. The molecule has 1 saturated heterocycles. The van der Waals surface area contributed by atoms with Crippen LogP contribution in [-0.4, -0.2) is 49.8 Å². The smallest absolute Gasteiger partial charge is 0.373 e. The molecule has 1 fully saturated rings. The molecule has 1 aromatic rings. The van der Waals surface area contributed by atoms with Crippen molar-refractivity contribution in [3.63, 3.8) is 0 Å². The number of aliphatic hydroxyl groups excluding tert-OH is 1. The van der Waals surface area contributed by atoms with E-state index in [-0.39, 0.29) is 6.61 Å². The van der Waals surface area contributed by atoms with Crippen molar-refractivity contribution < 1.29 is 24.2 Å². The van der Waals surface area contributed by atoms with Crippen LogP contribution in [0.4, 0.5) is 5.69 Å². The Hall–Kier alpha value is -2.34. The van der Waals surface area contributed by atoms with Crippen LogP contribution in [0.15, 0.2) is 36.1 Å². The summed E-state index contributed by atoms with van der Waals surface area (Å²) in [6.07, 6.45) is 0.877. The predicted molar refractivity (Wildman–Crippen MR) is 81.1 cm³/mol. The van der Waals surface area contributed by atoms with Crippen molar-refractivity contribution in [3.05, 3.63) is 41.7 Å². The monoisotopic (exact) mass is 305 g/mol. The molecule has 1 aliphatic heterocycles. The zero-order valence-electron chi connectivity index (χ0n) is 12.4. The van der Waals surface area contributed by atoms with E-state index >= 15 is 0 Å². The third kappa shape index (κ3) is 4.08. The van der Waals surface area contributed by atoms with Gasteiger partial charge in [0.05, 0.1) is 19.8 Å². The Labute approximate surface area is 128 Å². The second-order valence-electron chi connectivity index (χ2n) is 4.76. The first kappa shape index (κ1) is 16.0. The first-order valence-electron chi connectivity index (χ1n) is 7.16. The average Bonchev–Trinajstić information content (AvgIpc) is 2.56. The number of carbonyl (C=O) groups excluding carboxylic acids is 2.